The standard InChI is InChI=1S/C26H18N6O5S/c27-20-19-21(30-24(14-5-2-1-3-6-14)31-25(19)38-22(20)23(28)33)15-7-4-8-16(13-15)29-26(34)37-18-11-9-17(10-12-18)32(35)36/h1-13H,27H2,(H2,28,33)(H,29,34). The number of hydrogen-bond acceptors (Lipinski definition) is 9. The highest BCUT2D eigenvalue weighted by Crippen LogP contribution is 2.40. The SMILES string of the molecule is NC(=O)c1sc2nc(-c3ccccc3)nc(-c3cccc(NC(=O)Oc4ccc([N+](=O)[O-])cc4)c3)c2c1N. The van der Waals surface area contributed by atoms with E-state index in [-0.39, 0.29) is 22.0 Å². The molecule has 5 aromatic rings. The maximum Gasteiger partial charge on any atom is 0.417 e. The summed E-state index contributed by atoms with van der Waals surface area (Å²) >= 11 is 1.09. The Bertz CT molecular complexity index is 1700. The van der Waals surface area contributed by atoms with E-state index in [0.717, 1.165) is 16.9 Å². The van der Waals surface area contributed by atoms with Crippen LogP contribution in [0.1, 0.15) is 9.67 Å². The lowest BCUT2D eigenvalue weighted by Crippen LogP contribution is -2.16. The number of non-ortho nitro benzene ring substituents is 1. The molecular weight excluding hydrogens is 508 g/mol. The zero-order chi connectivity index (χ0) is 26.8. The molecule has 38 heavy (non-hydrogen) atoms. The molecule has 0 saturated heterocycles. The van der Waals surface area contributed by atoms with Crippen molar-refractivity contribution in [2.24, 2.45) is 5.73 Å². The Morgan fingerprint density at radius 3 is 2.34 bits per heavy atom. The van der Waals surface area contributed by atoms with Crippen LogP contribution in [0.3, 0.4) is 0 Å². The normalized spacial score (nSPS) is 10.7. The predicted molar refractivity (Wildman–Crippen MR) is 144 cm³/mol. The van der Waals surface area contributed by atoms with Crippen LogP contribution in [0.25, 0.3) is 32.9 Å². The van der Waals surface area contributed by atoms with Gasteiger partial charge in [0.25, 0.3) is 11.6 Å². The number of thiophene rings is 1. The molecule has 0 unspecified atom stereocenters. The number of nitro groups is 1. The molecule has 0 bridgehead atoms. The summed E-state index contributed by atoms with van der Waals surface area (Å²) in [6, 6.07) is 21.3. The van der Waals surface area contributed by atoms with Crippen molar-refractivity contribution in [3.63, 3.8) is 0 Å². The van der Waals surface area contributed by atoms with Gasteiger partial charge in [-0.05, 0) is 24.3 Å². The van der Waals surface area contributed by atoms with Gasteiger partial charge in [-0.3, -0.25) is 20.2 Å². The predicted octanol–water partition coefficient (Wildman–Crippen LogP) is 5.23. The molecule has 2 amide bonds. The molecule has 2 heterocycles. The Hall–Kier alpha value is -5.36. The second kappa shape index (κ2) is 9.95. The first-order valence-electron chi connectivity index (χ1n) is 11.1. The van der Waals surface area contributed by atoms with Crippen molar-refractivity contribution in [3.05, 3.63) is 93.9 Å². The average Bonchev–Trinajstić information content (AvgIpc) is 3.25. The molecule has 11 nitrogen and oxygen atoms in total. The van der Waals surface area contributed by atoms with Crippen molar-refractivity contribution < 1.29 is 19.2 Å². The fourth-order valence-corrected chi connectivity index (χ4v) is 4.71. The van der Waals surface area contributed by atoms with Gasteiger partial charge in [0, 0.05) is 28.9 Å². The van der Waals surface area contributed by atoms with Crippen LogP contribution in [-0.2, 0) is 0 Å². The van der Waals surface area contributed by atoms with Crippen LogP contribution < -0.4 is 21.5 Å². The van der Waals surface area contributed by atoms with Gasteiger partial charge < -0.3 is 16.2 Å². The van der Waals surface area contributed by atoms with Crippen LogP contribution in [-0.4, -0.2) is 26.9 Å². The van der Waals surface area contributed by atoms with Gasteiger partial charge in [-0.2, -0.15) is 0 Å². The Kier molecular flexibility index (Phi) is 6.37. The first-order valence-corrected chi connectivity index (χ1v) is 11.9. The Labute approximate surface area is 218 Å². The molecule has 0 aliphatic heterocycles. The first kappa shape index (κ1) is 24.3. The molecular formula is C26H18N6O5S. The van der Waals surface area contributed by atoms with E-state index in [9.17, 15) is 19.7 Å². The van der Waals surface area contributed by atoms with E-state index in [2.05, 4.69) is 10.3 Å². The van der Waals surface area contributed by atoms with Gasteiger partial charge in [0.1, 0.15) is 15.5 Å². The van der Waals surface area contributed by atoms with Crippen LogP contribution in [0.2, 0.25) is 0 Å². The molecule has 188 valence electrons. The molecule has 0 saturated carbocycles. The van der Waals surface area contributed by atoms with E-state index < -0.39 is 16.9 Å². The highest BCUT2D eigenvalue weighted by molar-refractivity contribution is 7.21. The number of benzene rings is 3. The summed E-state index contributed by atoms with van der Waals surface area (Å²) in [7, 11) is 0. The van der Waals surface area contributed by atoms with E-state index in [0.29, 0.717) is 33.0 Å². The van der Waals surface area contributed by atoms with Gasteiger partial charge in [-0.1, -0.05) is 42.5 Å². The average molecular weight is 527 g/mol. The molecule has 5 N–H and O–H groups in total. The number of aromatic nitrogens is 2. The van der Waals surface area contributed by atoms with Crippen molar-refractivity contribution in [1.29, 1.82) is 0 Å². The van der Waals surface area contributed by atoms with Crippen molar-refractivity contribution in [2.75, 3.05) is 11.1 Å². The number of nitro benzene ring substituents is 1. The van der Waals surface area contributed by atoms with Crippen LogP contribution in [0.5, 0.6) is 5.75 Å². The van der Waals surface area contributed by atoms with Crippen molar-refractivity contribution in [2.45, 2.75) is 0 Å². The number of primary amides is 1. The number of rotatable bonds is 6. The van der Waals surface area contributed by atoms with Crippen LogP contribution >= 0.6 is 11.3 Å². The first-order chi connectivity index (χ1) is 18.3. The lowest BCUT2D eigenvalue weighted by molar-refractivity contribution is -0.384. The number of hydrogen-bond donors (Lipinski definition) is 3. The van der Waals surface area contributed by atoms with Crippen LogP contribution in [0.4, 0.5) is 21.9 Å². The summed E-state index contributed by atoms with van der Waals surface area (Å²) in [6.45, 7) is 0. The number of carbonyl (C=O) groups excluding carboxylic acids is 2. The third-order valence-electron chi connectivity index (χ3n) is 5.48. The number of fused-ring (bicyclic) bond motifs is 1. The smallest absolute Gasteiger partial charge is 0.410 e. The van der Waals surface area contributed by atoms with Crippen molar-refractivity contribution in [1.82, 2.24) is 9.97 Å². The molecule has 0 fully saturated rings. The second-order valence-electron chi connectivity index (χ2n) is 8.00. The maximum absolute atomic E-state index is 12.5. The Morgan fingerprint density at radius 1 is 0.947 bits per heavy atom. The number of amides is 2. The van der Waals surface area contributed by atoms with Crippen LogP contribution in [0.15, 0.2) is 78.9 Å². The summed E-state index contributed by atoms with van der Waals surface area (Å²) in [4.78, 5) is 44.8. The molecule has 3 aromatic carbocycles. The largest absolute Gasteiger partial charge is 0.417 e. The van der Waals surface area contributed by atoms with Crippen molar-refractivity contribution >= 4 is 50.6 Å². The maximum atomic E-state index is 12.5. The van der Waals surface area contributed by atoms with E-state index >= 15 is 0 Å². The second-order valence-corrected chi connectivity index (χ2v) is 9.00. The number of ether oxygens (including phenoxy) is 1. The number of nitrogens with one attached hydrogen (secondary N) is 1. The quantitative estimate of drug-likeness (QED) is 0.199. The monoisotopic (exact) mass is 526 g/mol. The highest BCUT2D eigenvalue weighted by atomic mass is 32.1. The lowest BCUT2D eigenvalue weighted by Gasteiger charge is -2.10. The van der Waals surface area contributed by atoms with Crippen molar-refractivity contribution in [3.8, 4) is 28.4 Å². The summed E-state index contributed by atoms with van der Waals surface area (Å²) < 4.78 is 5.23. The van der Waals surface area contributed by atoms with E-state index in [1.54, 1.807) is 24.3 Å². The van der Waals surface area contributed by atoms with Gasteiger partial charge in [0.2, 0.25) is 0 Å². The zero-order valence-corrected chi connectivity index (χ0v) is 20.3. The number of nitrogens with two attached hydrogens (primary N) is 2. The minimum absolute atomic E-state index is 0.122. The zero-order valence-electron chi connectivity index (χ0n) is 19.5. The van der Waals surface area contributed by atoms with E-state index in [1.807, 2.05) is 30.3 Å². The minimum atomic E-state index is -0.792. The van der Waals surface area contributed by atoms with Gasteiger partial charge in [0.15, 0.2) is 5.82 Å². The number of nitrogens with zero attached hydrogens (tertiary/aromatic N) is 3. The van der Waals surface area contributed by atoms with Crippen LogP contribution in [0, 0.1) is 10.1 Å². The van der Waals surface area contributed by atoms with E-state index in [4.69, 9.17) is 21.2 Å². The fraction of sp³-hybridized carbons (Fsp3) is 0. The fourth-order valence-electron chi connectivity index (χ4n) is 3.76. The topological polar surface area (TPSA) is 176 Å². The molecule has 12 heteroatoms. The number of anilines is 2. The summed E-state index contributed by atoms with van der Waals surface area (Å²) in [5.74, 6) is -0.0947. The number of nitrogen functional groups attached to an aromatic ring is 1. The van der Waals surface area contributed by atoms with Gasteiger partial charge in [0.05, 0.1) is 21.7 Å². The molecule has 0 aliphatic carbocycles. The van der Waals surface area contributed by atoms with E-state index in [1.165, 1.54) is 24.3 Å². The lowest BCUT2D eigenvalue weighted by atomic mass is 10.1. The Morgan fingerprint density at radius 2 is 1.66 bits per heavy atom. The minimum Gasteiger partial charge on any atom is -0.410 e. The van der Waals surface area contributed by atoms with Gasteiger partial charge >= 0.3 is 6.09 Å². The summed E-state index contributed by atoms with van der Waals surface area (Å²) in [5, 5.41) is 13.9. The third-order valence-corrected chi connectivity index (χ3v) is 6.60. The number of carbonyl (C=O) groups is 2. The van der Waals surface area contributed by atoms with Gasteiger partial charge in [-0.15, -0.1) is 11.3 Å². The molecule has 0 aliphatic rings. The molecule has 2 aromatic heterocycles. The molecule has 0 spiro atoms. The summed E-state index contributed by atoms with van der Waals surface area (Å²) in [5.41, 5.74) is 14.1. The molecule has 0 radical (unpaired) electrons. The summed E-state index contributed by atoms with van der Waals surface area (Å²) in [6.07, 6.45) is -0.792. The highest BCUT2D eigenvalue weighted by Gasteiger charge is 2.21. The van der Waals surface area contributed by atoms with Gasteiger partial charge in [-0.25, -0.2) is 14.8 Å². The molecule has 5 rings (SSSR count). The molecule has 0 atom stereocenters. The third kappa shape index (κ3) is 4.83. The Balaban J connectivity index is 1.51.